The summed E-state index contributed by atoms with van der Waals surface area (Å²) < 4.78 is 45.5. The molecule has 0 saturated carbocycles. The maximum atomic E-state index is 14.4. The highest BCUT2D eigenvalue weighted by Crippen LogP contribution is 2.32. The Morgan fingerprint density at radius 2 is 1.52 bits per heavy atom. The fourth-order valence-electron chi connectivity index (χ4n) is 2.98. The van der Waals surface area contributed by atoms with Gasteiger partial charge in [0.2, 0.25) is 0 Å². The van der Waals surface area contributed by atoms with Crippen LogP contribution >= 0.6 is 0 Å². The van der Waals surface area contributed by atoms with Gasteiger partial charge in [0.15, 0.2) is 0 Å². The molecule has 0 aliphatic rings. The second-order valence-corrected chi connectivity index (χ2v) is 17.5. The fraction of sp³-hybridized carbons (Fsp3) is 0.364. The summed E-state index contributed by atoms with van der Waals surface area (Å²) in [5, 5.41) is 0. The molecule has 4 nitrogen and oxygen atoms in total. The molecule has 0 amide bonds. The number of nitrogens with zero attached hydrogens (tertiary/aromatic N) is 1. The molecule has 0 bridgehead atoms. The first-order chi connectivity index (χ1) is 13.5. The summed E-state index contributed by atoms with van der Waals surface area (Å²) in [5.74, 6) is 0. The summed E-state index contributed by atoms with van der Waals surface area (Å²) in [5.41, 5.74) is 0.954. The van der Waals surface area contributed by atoms with Crippen LogP contribution in [-0.4, -0.2) is 20.7 Å². The average molecular weight is 450 g/mol. The zero-order valence-electron chi connectivity index (χ0n) is 17.9. The number of rotatable bonds is 8. The van der Waals surface area contributed by atoms with Gasteiger partial charge in [0.25, 0.3) is 10.0 Å². The number of unbranched alkanes of at least 4 members (excludes halogenated alkanes) is 2. The largest absolute Gasteiger partial charge is 0.290 e. The summed E-state index contributed by atoms with van der Waals surface area (Å²) in [4.78, 5) is 0.510. The van der Waals surface area contributed by atoms with E-state index in [9.17, 15) is 12.6 Å². The van der Waals surface area contributed by atoms with E-state index in [4.69, 9.17) is 0 Å². The lowest BCUT2D eigenvalue weighted by atomic mass is 10.2. The Morgan fingerprint density at radius 1 is 0.931 bits per heavy atom. The minimum atomic E-state index is -4.09. The highest BCUT2D eigenvalue weighted by atomic mass is 32.3. The molecule has 0 saturated heterocycles. The molecule has 0 aromatic heterocycles. The molecular weight excluding hydrogens is 418 g/mol. The number of hydrogen-bond acceptors (Lipinski definition) is 3. The minimum Gasteiger partial charge on any atom is -0.239 e. The first-order valence-electron chi connectivity index (χ1n) is 9.86. The summed E-state index contributed by atoms with van der Waals surface area (Å²) in [6.07, 6.45) is 4.73. The maximum Gasteiger partial charge on any atom is 0.290 e. The smallest absolute Gasteiger partial charge is 0.239 e. The summed E-state index contributed by atoms with van der Waals surface area (Å²) in [6, 6.07) is 15.3. The lowest BCUT2D eigenvalue weighted by molar-refractivity contribution is 0.598. The van der Waals surface area contributed by atoms with E-state index in [1.54, 1.807) is 36.4 Å². The summed E-state index contributed by atoms with van der Waals surface area (Å²) in [6.45, 7) is 10.2. The number of benzene rings is 2. The third kappa shape index (κ3) is 5.90. The van der Waals surface area contributed by atoms with E-state index in [-0.39, 0.29) is 4.90 Å². The minimum absolute atomic E-state index is 0.0650. The Bertz CT molecular complexity index is 1080. The summed E-state index contributed by atoms with van der Waals surface area (Å²) in [7, 11) is -9.53. The van der Waals surface area contributed by atoms with Gasteiger partial charge in [-0.05, 0) is 37.6 Å². The Morgan fingerprint density at radius 3 is 2.03 bits per heavy atom. The van der Waals surface area contributed by atoms with Gasteiger partial charge in [-0.1, -0.05) is 85.1 Å². The molecule has 0 fully saturated rings. The van der Waals surface area contributed by atoms with Gasteiger partial charge in [0.05, 0.1) is 17.9 Å². The van der Waals surface area contributed by atoms with Gasteiger partial charge in [-0.25, -0.2) is 4.21 Å². The van der Waals surface area contributed by atoms with Crippen LogP contribution in [0.5, 0.6) is 0 Å². The Hall–Kier alpha value is -1.70. The van der Waals surface area contributed by atoms with E-state index >= 15 is 0 Å². The lowest BCUT2D eigenvalue weighted by Gasteiger charge is -2.25. The summed E-state index contributed by atoms with van der Waals surface area (Å²) >= 11 is 0. The number of aryl methyl sites for hydroxylation is 1. The molecule has 2 rings (SSSR count). The van der Waals surface area contributed by atoms with Crippen molar-refractivity contribution in [3.8, 4) is 0 Å². The third-order valence-electron chi connectivity index (χ3n) is 4.51. The molecule has 1 unspecified atom stereocenters. The van der Waals surface area contributed by atoms with Crippen LogP contribution in [0, 0.1) is 6.92 Å². The van der Waals surface area contributed by atoms with Crippen LogP contribution in [-0.2, 0) is 19.8 Å². The van der Waals surface area contributed by atoms with Crippen molar-refractivity contribution in [2.24, 2.45) is 3.77 Å². The van der Waals surface area contributed by atoms with Crippen LogP contribution in [0.15, 0.2) is 78.8 Å². The van der Waals surface area contributed by atoms with Crippen molar-refractivity contribution in [2.75, 3.05) is 0 Å². The van der Waals surface area contributed by atoms with Gasteiger partial charge < -0.3 is 0 Å². The highest BCUT2D eigenvalue weighted by Gasteiger charge is 2.32. The van der Waals surface area contributed by atoms with Crippen molar-refractivity contribution >= 4 is 27.8 Å². The van der Waals surface area contributed by atoms with Crippen molar-refractivity contribution in [1.82, 2.24) is 0 Å². The van der Waals surface area contributed by atoms with E-state index < -0.39 is 27.8 Å². The fourth-order valence-corrected chi connectivity index (χ4v) is 11.5. The molecule has 2 aromatic rings. The van der Waals surface area contributed by atoms with Crippen LogP contribution in [0.25, 0.3) is 0 Å². The molecule has 29 heavy (non-hydrogen) atoms. The number of allylic oxidation sites excluding steroid dienone is 1. The van der Waals surface area contributed by atoms with Gasteiger partial charge in [0, 0.05) is 4.53 Å². The first kappa shape index (κ1) is 23.6. The SMILES string of the molecule is CCCC/C=C(\[Si](C)(C)C)S(=O)(=NS(=O)(=O)c1ccc(C)cc1)c1ccccc1. The predicted octanol–water partition coefficient (Wildman–Crippen LogP) is 6.16. The molecule has 158 valence electrons. The van der Waals surface area contributed by atoms with Crippen LogP contribution in [0.3, 0.4) is 0 Å². The van der Waals surface area contributed by atoms with E-state index in [2.05, 4.69) is 30.3 Å². The van der Waals surface area contributed by atoms with Crippen LogP contribution in [0.1, 0.15) is 31.7 Å². The zero-order chi connectivity index (χ0) is 21.7. The monoisotopic (exact) mass is 449 g/mol. The Labute approximate surface area is 177 Å². The predicted molar refractivity (Wildman–Crippen MR) is 125 cm³/mol. The zero-order valence-corrected chi connectivity index (χ0v) is 20.5. The standard InChI is InChI=1S/C22H31NO3S2Si/c1-6-7-9-14-22(29(3,4)5)27(24,20-12-10-8-11-13-20)23-28(25,26)21-17-15-19(2)16-18-21/h8,10-18H,6-7,9H2,1-5H3/b22-14-. The van der Waals surface area contributed by atoms with Crippen LogP contribution < -0.4 is 0 Å². The van der Waals surface area contributed by atoms with Crippen molar-refractivity contribution in [3.05, 3.63) is 70.8 Å². The second-order valence-electron chi connectivity index (χ2n) is 8.16. The molecule has 7 heteroatoms. The quantitative estimate of drug-likeness (QED) is 0.358. The first-order valence-corrected chi connectivity index (χ1v) is 16.3. The van der Waals surface area contributed by atoms with Crippen molar-refractivity contribution in [2.45, 2.75) is 62.5 Å². The van der Waals surface area contributed by atoms with E-state index in [0.29, 0.717) is 9.42 Å². The van der Waals surface area contributed by atoms with Crippen LogP contribution in [0.4, 0.5) is 0 Å². The van der Waals surface area contributed by atoms with Gasteiger partial charge >= 0.3 is 0 Å². The Balaban J connectivity index is 2.81. The van der Waals surface area contributed by atoms with Crippen molar-refractivity contribution in [1.29, 1.82) is 0 Å². The number of sulfonamides is 1. The second kappa shape index (κ2) is 9.41. The number of hydrogen-bond donors (Lipinski definition) is 0. The Kier molecular flexibility index (Phi) is 7.65. The molecule has 2 aromatic carbocycles. The molecule has 1 atom stereocenters. The van der Waals surface area contributed by atoms with E-state index in [0.717, 1.165) is 24.8 Å². The molecule has 0 aliphatic heterocycles. The van der Waals surface area contributed by atoms with Crippen molar-refractivity contribution in [3.63, 3.8) is 0 Å². The molecule has 0 spiro atoms. The average Bonchev–Trinajstić information content (AvgIpc) is 2.65. The van der Waals surface area contributed by atoms with Gasteiger partial charge in [-0.2, -0.15) is 8.42 Å². The highest BCUT2D eigenvalue weighted by molar-refractivity contribution is 8.07. The molecular formula is C22H31NO3S2Si. The third-order valence-corrected chi connectivity index (χ3v) is 13.0. The molecule has 0 aliphatic carbocycles. The van der Waals surface area contributed by atoms with E-state index in [1.165, 1.54) is 12.1 Å². The molecule has 0 radical (unpaired) electrons. The molecule has 0 heterocycles. The normalized spacial score (nSPS) is 15.0. The van der Waals surface area contributed by atoms with Gasteiger partial charge in [0.1, 0.15) is 9.73 Å². The van der Waals surface area contributed by atoms with Gasteiger partial charge in [-0.15, -0.1) is 0 Å². The van der Waals surface area contributed by atoms with Gasteiger partial charge in [-0.3, -0.25) is 0 Å². The van der Waals surface area contributed by atoms with E-state index in [1.807, 2.05) is 19.1 Å². The topological polar surface area (TPSA) is 63.6 Å². The lowest BCUT2D eigenvalue weighted by Crippen LogP contribution is -2.30. The maximum absolute atomic E-state index is 14.4. The van der Waals surface area contributed by atoms with Crippen molar-refractivity contribution < 1.29 is 12.6 Å². The van der Waals surface area contributed by atoms with Crippen LogP contribution in [0.2, 0.25) is 19.6 Å². The molecule has 0 N–H and O–H groups in total.